The third-order valence-corrected chi connectivity index (χ3v) is 5.10. The molecule has 0 bridgehead atoms. The Balaban J connectivity index is 1.57. The van der Waals surface area contributed by atoms with Crippen LogP contribution in [0.2, 0.25) is 0 Å². The zero-order valence-electron chi connectivity index (χ0n) is 13.2. The number of hydrogen-bond acceptors (Lipinski definition) is 4. The summed E-state index contributed by atoms with van der Waals surface area (Å²) in [5.74, 6) is 0.235. The van der Waals surface area contributed by atoms with Gasteiger partial charge in [0.1, 0.15) is 6.04 Å². The lowest BCUT2D eigenvalue weighted by Gasteiger charge is -2.25. The van der Waals surface area contributed by atoms with Crippen molar-refractivity contribution in [2.45, 2.75) is 39.2 Å². The van der Waals surface area contributed by atoms with Crippen molar-refractivity contribution < 1.29 is 9.59 Å². The summed E-state index contributed by atoms with van der Waals surface area (Å²) in [4.78, 5) is 26.3. The van der Waals surface area contributed by atoms with Crippen LogP contribution in [0.15, 0.2) is 18.2 Å². The number of hydrogen-bond donors (Lipinski definition) is 3. The van der Waals surface area contributed by atoms with Gasteiger partial charge in [-0.3, -0.25) is 14.7 Å². The molecule has 0 spiro atoms. The Morgan fingerprint density at radius 3 is 2.78 bits per heavy atom. The summed E-state index contributed by atoms with van der Waals surface area (Å²) >= 11 is 1.66. The van der Waals surface area contributed by atoms with Crippen molar-refractivity contribution >= 4 is 29.0 Å². The minimum Gasteiger partial charge on any atom is -0.344 e. The molecule has 2 aromatic heterocycles. The van der Waals surface area contributed by atoms with E-state index in [4.69, 9.17) is 0 Å². The van der Waals surface area contributed by atoms with Gasteiger partial charge in [0, 0.05) is 16.9 Å². The van der Waals surface area contributed by atoms with Crippen molar-refractivity contribution in [1.82, 2.24) is 15.5 Å². The van der Waals surface area contributed by atoms with Gasteiger partial charge in [-0.1, -0.05) is 6.42 Å². The standard InChI is InChI=1S/C16H20N4O2S/c1-9-6-7-13(23-9)12-8-14(20-19-12)18-15(21)10(2)17-16(22)11-4-3-5-11/h6-8,10-11H,3-5H2,1-2H3,(H,17,22)(H2,18,19,20,21). The molecule has 1 saturated carbocycles. The Kier molecular flexibility index (Phi) is 4.47. The molecule has 0 radical (unpaired) electrons. The Labute approximate surface area is 138 Å². The van der Waals surface area contributed by atoms with Crippen LogP contribution in [-0.4, -0.2) is 28.1 Å². The molecule has 0 saturated heterocycles. The summed E-state index contributed by atoms with van der Waals surface area (Å²) in [5.41, 5.74) is 0.865. The van der Waals surface area contributed by atoms with Crippen LogP contribution in [-0.2, 0) is 9.59 Å². The number of aromatic amines is 1. The van der Waals surface area contributed by atoms with Gasteiger partial charge in [-0.2, -0.15) is 5.10 Å². The fraction of sp³-hybridized carbons (Fsp3) is 0.438. The molecule has 23 heavy (non-hydrogen) atoms. The van der Waals surface area contributed by atoms with Crippen LogP contribution < -0.4 is 10.6 Å². The number of carbonyl (C=O) groups is 2. The van der Waals surface area contributed by atoms with Gasteiger partial charge in [0.2, 0.25) is 11.8 Å². The lowest BCUT2D eigenvalue weighted by atomic mass is 9.84. The first-order chi connectivity index (χ1) is 11.0. The average Bonchev–Trinajstić information content (AvgIpc) is 3.05. The first kappa shape index (κ1) is 15.7. The molecular weight excluding hydrogens is 312 g/mol. The monoisotopic (exact) mass is 332 g/mol. The zero-order chi connectivity index (χ0) is 16.4. The third-order valence-electron chi connectivity index (χ3n) is 4.06. The van der Waals surface area contributed by atoms with Gasteiger partial charge in [0.15, 0.2) is 5.82 Å². The summed E-state index contributed by atoms with van der Waals surface area (Å²) in [6, 6.07) is 5.27. The lowest BCUT2D eigenvalue weighted by Crippen LogP contribution is -2.45. The van der Waals surface area contributed by atoms with Crippen LogP contribution in [0, 0.1) is 12.8 Å². The Bertz CT molecular complexity index is 717. The normalized spacial score (nSPS) is 15.7. The van der Waals surface area contributed by atoms with Crippen molar-refractivity contribution in [2.75, 3.05) is 5.32 Å². The van der Waals surface area contributed by atoms with Gasteiger partial charge in [0.05, 0.1) is 10.6 Å². The van der Waals surface area contributed by atoms with E-state index in [1.165, 1.54) is 4.88 Å². The van der Waals surface area contributed by atoms with Gasteiger partial charge in [-0.25, -0.2) is 0 Å². The summed E-state index contributed by atoms with van der Waals surface area (Å²) in [7, 11) is 0. The van der Waals surface area contributed by atoms with E-state index in [-0.39, 0.29) is 17.7 Å². The molecule has 122 valence electrons. The molecule has 1 atom stereocenters. The molecular formula is C16H20N4O2S. The summed E-state index contributed by atoms with van der Waals surface area (Å²) in [6.45, 7) is 3.72. The van der Waals surface area contributed by atoms with Gasteiger partial charge in [-0.15, -0.1) is 11.3 Å². The van der Waals surface area contributed by atoms with Crippen LogP contribution in [0.5, 0.6) is 0 Å². The Morgan fingerprint density at radius 2 is 2.17 bits per heavy atom. The van der Waals surface area contributed by atoms with Crippen LogP contribution in [0.25, 0.3) is 10.6 Å². The van der Waals surface area contributed by atoms with Crippen LogP contribution in [0.4, 0.5) is 5.82 Å². The average molecular weight is 332 g/mol. The van der Waals surface area contributed by atoms with E-state index in [0.717, 1.165) is 29.8 Å². The van der Waals surface area contributed by atoms with E-state index in [0.29, 0.717) is 5.82 Å². The van der Waals surface area contributed by atoms with Gasteiger partial charge >= 0.3 is 0 Å². The fourth-order valence-electron chi connectivity index (χ4n) is 2.39. The van der Waals surface area contributed by atoms with Crippen LogP contribution >= 0.6 is 11.3 Å². The first-order valence-corrected chi connectivity index (χ1v) is 8.58. The van der Waals surface area contributed by atoms with Gasteiger partial charge in [-0.05, 0) is 38.8 Å². The Hall–Kier alpha value is -2.15. The van der Waals surface area contributed by atoms with E-state index in [1.807, 2.05) is 19.1 Å². The lowest BCUT2D eigenvalue weighted by molar-refractivity contribution is -0.130. The highest BCUT2D eigenvalue weighted by Gasteiger charge is 2.27. The number of aromatic nitrogens is 2. The van der Waals surface area contributed by atoms with E-state index >= 15 is 0 Å². The highest BCUT2D eigenvalue weighted by atomic mass is 32.1. The number of carbonyl (C=O) groups excluding carboxylic acids is 2. The molecule has 1 fully saturated rings. The van der Waals surface area contributed by atoms with Gasteiger partial charge < -0.3 is 10.6 Å². The fourth-order valence-corrected chi connectivity index (χ4v) is 3.23. The van der Waals surface area contributed by atoms with E-state index in [2.05, 4.69) is 20.8 Å². The topological polar surface area (TPSA) is 86.9 Å². The molecule has 0 aromatic carbocycles. The number of nitrogens with one attached hydrogen (secondary N) is 3. The van der Waals surface area contributed by atoms with Crippen LogP contribution in [0.3, 0.4) is 0 Å². The van der Waals surface area contributed by atoms with Crippen molar-refractivity contribution in [3.05, 3.63) is 23.1 Å². The zero-order valence-corrected chi connectivity index (χ0v) is 14.0. The van der Waals surface area contributed by atoms with Crippen LogP contribution in [0.1, 0.15) is 31.1 Å². The second-order valence-electron chi connectivity index (χ2n) is 5.92. The third kappa shape index (κ3) is 3.61. The highest BCUT2D eigenvalue weighted by molar-refractivity contribution is 7.15. The molecule has 2 aromatic rings. The molecule has 0 aliphatic heterocycles. The Morgan fingerprint density at radius 1 is 1.39 bits per heavy atom. The maximum Gasteiger partial charge on any atom is 0.247 e. The highest BCUT2D eigenvalue weighted by Crippen LogP contribution is 2.28. The number of anilines is 1. The maximum absolute atomic E-state index is 12.1. The van der Waals surface area contributed by atoms with Crippen molar-refractivity contribution in [3.8, 4) is 10.6 Å². The smallest absolute Gasteiger partial charge is 0.247 e. The molecule has 1 aliphatic carbocycles. The number of H-pyrrole nitrogens is 1. The predicted octanol–water partition coefficient (Wildman–Crippen LogP) is 2.69. The summed E-state index contributed by atoms with van der Waals surface area (Å²) in [6.07, 6.45) is 2.93. The SMILES string of the molecule is Cc1ccc(-c2cc(NC(=O)C(C)NC(=O)C3CCC3)n[nH]2)s1. The number of rotatable bonds is 5. The predicted molar refractivity (Wildman–Crippen MR) is 90.2 cm³/mol. The van der Waals surface area contributed by atoms with E-state index < -0.39 is 6.04 Å². The number of amides is 2. The number of thiophene rings is 1. The van der Waals surface area contributed by atoms with Crippen molar-refractivity contribution in [2.24, 2.45) is 5.92 Å². The molecule has 6 nitrogen and oxygen atoms in total. The molecule has 1 unspecified atom stereocenters. The van der Waals surface area contributed by atoms with Crippen molar-refractivity contribution in [1.29, 1.82) is 0 Å². The summed E-state index contributed by atoms with van der Waals surface area (Å²) < 4.78 is 0. The number of nitrogens with zero attached hydrogens (tertiary/aromatic N) is 1. The molecule has 1 aliphatic rings. The second-order valence-corrected chi connectivity index (χ2v) is 7.21. The van der Waals surface area contributed by atoms with Gasteiger partial charge in [0.25, 0.3) is 0 Å². The quantitative estimate of drug-likeness (QED) is 0.787. The molecule has 2 heterocycles. The first-order valence-electron chi connectivity index (χ1n) is 7.76. The number of aryl methyl sites for hydroxylation is 1. The minimum atomic E-state index is -0.577. The molecule has 3 rings (SSSR count). The second kappa shape index (κ2) is 6.54. The molecule has 7 heteroatoms. The minimum absolute atomic E-state index is 0.0318. The van der Waals surface area contributed by atoms with E-state index in [1.54, 1.807) is 24.3 Å². The molecule has 3 N–H and O–H groups in total. The van der Waals surface area contributed by atoms with Crippen molar-refractivity contribution in [3.63, 3.8) is 0 Å². The summed E-state index contributed by atoms with van der Waals surface area (Å²) in [5, 5.41) is 12.5. The molecule has 2 amide bonds. The van der Waals surface area contributed by atoms with E-state index in [9.17, 15) is 9.59 Å². The maximum atomic E-state index is 12.1. The largest absolute Gasteiger partial charge is 0.344 e.